The molecule has 0 aliphatic carbocycles. The highest BCUT2D eigenvalue weighted by Crippen LogP contribution is 2.24. The van der Waals surface area contributed by atoms with Crippen LogP contribution in [0.25, 0.3) is 16.9 Å². The van der Waals surface area contributed by atoms with Gasteiger partial charge in [-0.25, -0.2) is 13.8 Å². The number of anilines is 1. The largest absolute Gasteiger partial charge is 0.573 e. The van der Waals surface area contributed by atoms with Gasteiger partial charge in [-0.15, -0.1) is 13.2 Å². The zero-order valence-corrected chi connectivity index (χ0v) is 15.5. The number of nitrogens with one attached hydrogen (secondary N) is 1. The molecule has 5 nitrogen and oxygen atoms in total. The molecule has 4 aromatic rings. The number of alkyl halides is 3. The fraction of sp³-hybridized carbons (Fsp3) is 0.0476. The van der Waals surface area contributed by atoms with Crippen molar-refractivity contribution in [3.05, 3.63) is 84.2 Å². The summed E-state index contributed by atoms with van der Waals surface area (Å²) in [5.74, 6) is -2.93. The molecule has 1 N–H and O–H groups in total. The summed E-state index contributed by atoms with van der Waals surface area (Å²) in [6.07, 6.45) is -1.67. The molecule has 0 aliphatic heterocycles. The van der Waals surface area contributed by atoms with E-state index in [0.717, 1.165) is 24.3 Å². The van der Waals surface area contributed by atoms with Crippen LogP contribution in [-0.4, -0.2) is 21.7 Å². The van der Waals surface area contributed by atoms with E-state index >= 15 is 0 Å². The van der Waals surface area contributed by atoms with Gasteiger partial charge in [-0.2, -0.15) is 0 Å². The van der Waals surface area contributed by atoms with Crippen LogP contribution in [0.4, 0.5) is 27.6 Å². The number of hydrogen-bond acceptors (Lipinski definition) is 3. The number of amides is 1. The van der Waals surface area contributed by atoms with E-state index in [2.05, 4.69) is 15.0 Å². The van der Waals surface area contributed by atoms with Crippen LogP contribution in [0.3, 0.4) is 0 Å². The van der Waals surface area contributed by atoms with Crippen LogP contribution in [-0.2, 0) is 0 Å². The van der Waals surface area contributed by atoms with Crippen molar-refractivity contribution in [1.82, 2.24) is 9.38 Å². The van der Waals surface area contributed by atoms with Crippen molar-refractivity contribution in [2.45, 2.75) is 6.36 Å². The zero-order chi connectivity index (χ0) is 22.2. The smallest absolute Gasteiger partial charge is 0.406 e. The lowest BCUT2D eigenvalue weighted by Crippen LogP contribution is -2.17. The van der Waals surface area contributed by atoms with E-state index in [9.17, 15) is 26.7 Å². The van der Waals surface area contributed by atoms with Crippen molar-refractivity contribution in [2.75, 3.05) is 5.32 Å². The van der Waals surface area contributed by atoms with Gasteiger partial charge in [-0.1, -0.05) is 0 Å². The zero-order valence-electron chi connectivity index (χ0n) is 15.5. The lowest BCUT2D eigenvalue weighted by atomic mass is 10.1. The van der Waals surface area contributed by atoms with E-state index < -0.39 is 29.7 Å². The van der Waals surface area contributed by atoms with Gasteiger partial charge in [0.25, 0.3) is 5.91 Å². The fourth-order valence-corrected chi connectivity index (χ4v) is 2.87. The van der Waals surface area contributed by atoms with Gasteiger partial charge in [0.2, 0.25) is 0 Å². The number of halogens is 5. The monoisotopic (exact) mass is 433 g/mol. The third kappa shape index (κ3) is 4.63. The molecule has 1 amide bonds. The maximum atomic E-state index is 13.5. The second kappa shape index (κ2) is 7.71. The van der Waals surface area contributed by atoms with Gasteiger partial charge < -0.3 is 14.5 Å². The Bertz CT molecular complexity index is 1270. The van der Waals surface area contributed by atoms with Crippen molar-refractivity contribution >= 4 is 17.2 Å². The van der Waals surface area contributed by atoms with E-state index in [1.54, 1.807) is 28.9 Å². The SMILES string of the molecule is O=C(Nc1ccc2nc(-c3ccc(F)c(F)c3)cn2c1)c1ccc(OC(F)(F)F)cc1. The first-order valence-electron chi connectivity index (χ1n) is 8.79. The maximum Gasteiger partial charge on any atom is 0.573 e. The van der Waals surface area contributed by atoms with E-state index in [0.29, 0.717) is 22.6 Å². The van der Waals surface area contributed by atoms with Crippen molar-refractivity contribution in [1.29, 1.82) is 0 Å². The molecule has 2 aromatic heterocycles. The Morgan fingerprint density at radius 2 is 1.68 bits per heavy atom. The van der Waals surface area contributed by atoms with E-state index in [-0.39, 0.29) is 5.56 Å². The second-order valence-corrected chi connectivity index (χ2v) is 6.46. The summed E-state index contributed by atoms with van der Waals surface area (Å²) in [5.41, 5.74) is 1.81. The molecule has 0 aliphatic rings. The van der Waals surface area contributed by atoms with Crippen molar-refractivity contribution in [2.24, 2.45) is 0 Å². The normalized spacial score (nSPS) is 11.5. The highest BCUT2D eigenvalue weighted by molar-refractivity contribution is 6.04. The van der Waals surface area contributed by atoms with Crippen LogP contribution in [0.5, 0.6) is 5.75 Å². The van der Waals surface area contributed by atoms with Gasteiger partial charge in [-0.05, 0) is 54.6 Å². The summed E-state index contributed by atoms with van der Waals surface area (Å²) in [7, 11) is 0. The molecule has 0 bridgehead atoms. The summed E-state index contributed by atoms with van der Waals surface area (Å²) >= 11 is 0. The van der Waals surface area contributed by atoms with Crippen LogP contribution >= 0.6 is 0 Å². The summed E-state index contributed by atoms with van der Waals surface area (Å²) in [5, 5.41) is 2.62. The lowest BCUT2D eigenvalue weighted by Gasteiger charge is -2.09. The molecule has 2 heterocycles. The number of hydrogen-bond donors (Lipinski definition) is 1. The van der Waals surface area contributed by atoms with Gasteiger partial charge in [0.1, 0.15) is 11.4 Å². The van der Waals surface area contributed by atoms with Crippen molar-refractivity contribution in [3.63, 3.8) is 0 Å². The minimum atomic E-state index is -4.82. The predicted octanol–water partition coefficient (Wildman–Crippen LogP) is 5.43. The second-order valence-electron chi connectivity index (χ2n) is 6.46. The van der Waals surface area contributed by atoms with Crippen LogP contribution in [0.15, 0.2) is 67.0 Å². The third-order valence-corrected chi connectivity index (χ3v) is 4.27. The molecule has 0 fully saturated rings. The number of aromatic nitrogens is 2. The average Bonchev–Trinajstić information content (AvgIpc) is 3.13. The number of carbonyl (C=O) groups excluding carboxylic acids is 1. The summed E-state index contributed by atoms with van der Waals surface area (Å²) in [4.78, 5) is 16.7. The highest BCUT2D eigenvalue weighted by Gasteiger charge is 2.31. The number of rotatable bonds is 4. The standard InChI is InChI=1S/C21H12F5N3O2/c22-16-7-3-13(9-17(16)23)18-11-29-10-14(4-8-19(29)28-18)27-20(30)12-1-5-15(6-2-12)31-21(24,25)26/h1-11H,(H,27,30). The Morgan fingerprint density at radius 1 is 0.935 bits per heavy atom. The van der Waals surface area contributed by atoms with Crippen LogP contribution < -0.4 is 10.1 Å². The van der Waals surface area contributed by atoms with Gasteiger partial charge in [-0.3, -0.25) is 4.79 Å². The van der Waals surface area contributed by atoms with Crippen LogP contribution in [0.2, 0.25) is 0 Å². The third-order valence-electron chi connectivity index (χ3n) is 4.27. The Balaban J connectivity index is 1.52. The first-order valence-corrected chi connectivity index (χ1v) is 8.79. The quantitative estimate of drug-likeness (QED) is 0.437. The molecule has 0 unspecified atom stereocenters. The average molecular weight is 433 g/mol. The molecule has 0 saturated carbocycles. The molecule has 0 atom stereocenters. The first kappa shape index (κ1) is 20.3. The number of ether oxygens (including phenoxy) is 1. The number of imidazole rings is 1. The molecule has 2 aromatic carbocycles. The van der Waals surface area contributed by atoms with Gasteiger partial charge in [0, 0.05) is 23.5 Å². The Hall–Kier alpha value is -3.95. The minimum absolute atomic E-state index is 0.128. The molecule has 10 heteroatoms. The van der Waals surface area contributed by atoms with E-state index in [1.165, 1.54) is 18.2 Å². The fourth-order valence-electron chi connectivity index (χ4n) is 2.87. The minimum Gasteiger partial charge on any atom is -0.406 e. The summed E-state index contributed by atoms with van der Waals surface area (Å²) in [6.45, 7) is 0. The first-order chi connectivity index (χ1) is 14.7. The summed E-state index contributed by atoms with van der Waals surface area (Å²) in [6, 6.07) is 11.1. The van der Waals surface area contributed by atoms with Crippen LogP contribution in [0.1, 0.15) is 10.4 Å². The molecule has 0 radical (unpaired) electrons. The molecular weight excluding hydrogens is 421 g/mol. The van der Waals surface area contributed by atoms with Crippen molar-refractivity contribution in [3.8, 4) is 17.0 Å². The number of fused-ring (bicyclic) bond motifs is 1. The maximum absolute atomic E-state index is 13.5. The molecule has 31 heavy (non-hydrogen) atoms. The molecule has 0 saturated heterocycles. The Morgan fingerprint density at radius 3 is 2.35 bits per heavy atom. The van der Waals surface area contributed by atoms with E-state index in [4.69, 9.17) is 0 Å². The Kier molecular flexibility index (Phi) is 5.05. The van der Waals surface area contributed by atoms with Gasteiger partial charge in [0.05, 0.1) is 11.4 Å². The molecule has 0 spiro atoms. The van der Waals surface area contributed by atoms with Crippen molar-refractivity contribution < 1.29 is 31.5 Å². The lowest BCUT2D eigenvalue weighted by molar-refractivity contribution is -0.274. The number of carbonyl (C=O) groups is 1. The molecular formula is C21H12F5N3O2. The summed E-state index contributed by atoms with van der Waals surface area (Å²) < 4.78 is 68.6. The van der Waals surface area contributed by atoms with Gasteiger partial charge in [0.15, 0.2) is 11.6 Å². The topological polar surface area (TPSA) is 55.6 Å². The van der Waals surface area contributed by atoms with E-state index in [1.807, 2.05) is 0 Å². The number of benzene rings is 2. The predicted molar refractivity (Wildman–Crippen MR) is 102 cm³/mol. The molecule has 4 rings (SSSR count). The highest BCUT2D eigenvalue weighted by atomic mass is 19.4. The van der Waals surface area contributed by atoms with Crippen LogP contribution in [0, 0.1) is 11.6 Å². The molecule has 158 valence electrons. The number of nitrogens with zero attached hydrogens (tertiary/aromatic N) is 2. The number of pyridine rings is 1. The Labute approximate surface area is 171 Å². The van der Waals surface area contributed by atoms with Gasteiger partial charge >= 0.3 is 6.36 Å².